The van der Waals surface area contributed by atoms with E-state index in [1.807, 2.05) is 30.3 Å². The number of amides is 2. The summed E-state index contributed by atoms with van der Waals surface area (Å²) in [5.74, 6) is -1.16. The number of hydrogen-bond donors (Lipinski definition) is 3. The minimum Gasteiger partial charge on any atom is -0.324 e. The van der Waals surface area contributed by atoms with Crippen molar-refractivity contribution in [2.75, 3.05) is 10.6 Å². The molecule has 0 bridgehead atoms. The van der Waals surface area contributed by atoms with Gasteiger partial charge in [-0.25, -0.2) is 4.39 Å². The molecule has 0 aromatic heterocycles. The molecule has 4 N–H and O–H groups in total. The van der Waals surface area contributed by atoms with Crippen molar-refractivity contribution >= 4 is 35.6 Å². The zero-order valence-electron chi connectivity index (χ0n) is 15.5. The van der Waals surface area contributed by atoms with Crippen LogP contribution in [0.25, 0.3) is 0 Å². The van der Waals surface area contributed by atoms with Crippen LogP contribution in [0.15, 0.2) is 48.5 Å². The molecule has 7 heteroatoms. The molecule has 1 saturated carbocycles. The van der Waals surface area contributed by atoms with E-state index in [9.17, 15) is 14.0 Å². The Morgan fingerprint density at radius 2 is 1.68 bits per heavy atom. The largest absolute Gasteiger partial charge is 0.324 e. The Morgan fingerprint density at radius 3 is 2.36 bits per heavy atom. The van der Waals surface area contributed by atoms with Gasteiger partial charge in [0.1, 0.15) is 5.82 Å². The molecule has 1 aliphatic carbocycles. The third-order valence-corrected chi connectivity index (χ3v) is 4.90. The zero-order valence-corrected chi connectivity index (χ0v) is 16.4. The van der Waals surface area contributed by atoms with Gasteiger partial charge in [0.15, 0.2) is 0 Å². The molecule has 28 heavy (non-hydrogen) atoms. The van der Waals surface area contributed by atoms with Crippen molar-refractivity contribution in [1.82, 2.24) is 0 Å². The van der Waals surface area contributed by atoms with Crippen LogP contribution in [0.3, 0.4) is 0 Å². The summed E-state index contributed by atoms with van der Waals surface area (Å²) in [7, 11) is 0. The van der Waals surface area contributed by atoms with Crippen molar-refractivity contribution in [2.45, 2.75) is 44.1 Å². The van der Waals surface area contributed by atoms with Gasteiger partial charge in [-0.1, -0.05) is 49.6 Å². The number of rotatable bonds is 5. The van der Waals surface area contributed by atoms with E-state index in [2.05, 4.69) is 10.6 Å². The van der Waals surface area contributed by atoms with Crippen LogP contribution in [0, 0.1) is 5.82 Å². The first-order chi connectivity index (χ1) is 13.0. The normalized spacial score (nSPS) is 15.2. The molecule has 2 aromatic rings. The third-order valence-electron chi connectivity index (χ3n) is 4.90. The molecule has 0 saturated heterocycles. The van der Waals surface area contributed by atoms with E-state index in [0.717, 1.165) is 24.8 Å². The average molecular weight is 406 g/mol. The van der Waals surface area contributed by atoms with Gasteiger partial charge in [0.05, 0.1) is 17.6 Å². The Morgan fingerprint density at radius 1 is 1.00 bits per heavy atom. The van der Waals surface area contributed by atoms with Crippen LogP contribution in [-0.4, -0.2) is 17.4 Å². The summed E-state index contributed by atoms with van der Waals surface area (Å²) in [5, 5.41) is 5.33. The summed E-state index contributed by atoms with van der Waals surface area (Å²) >= 11 is 0. The summed E-state index contributed by atoms with van der Waals surface area (Å²) in [6, 6.07) is 13.3. The van der Waals surface area contributed by atoms with E-state index in [-0.39, 0.29) is 36.3 Å². The van der Waals surface area contributed by atoms with Gasteiger partial charge in [0.25, 0.3) is 0 Å². The van der Waals surface area contributed by atoms with Gasteiger partial charge >= 0.3 is 0 Å². The standard InChI is InChI=1S/C21H24FN3O2.ClH/c22-17-10-9-16(24-20(27)21(23)11-5-2-6-12-21)14-18(17)25-19(26)13-15-7-3-1-4-8-15;/h1,3-4,7-10,14H,2,5-6,11-13,23H2,(H,24,27)(H,25,26);1H. The highest BCUT2D eigenvalue weighted by molar-refractivity contribution is 5.99. The average Bonchev–Trinajstić information content (AvgIpc) is 2.66. The SMILES string of the molecule is Cl.NC1(C(=O)Nc2ccc(F)c(NC(=O)Cc3ccccc3)c2)CCCCC1. The molecule has 0 heterocycles. The van der Waals surface area contributed by atoms with Crippen LogP contribution in [0.4, 0.5) is 15.8 Å². The maximum absolute atomic E-state index is 14.1. The zero-order chi connectivity index (χ0) is 19.3. The van der Waals surface area contributed by atoms with E-state index in [4.69, 9.17) is 5.73 Å². The smallest absolute Gasteiger partial charge is 0.244 e. The van der Waals surface area contributed by atoms with Crippen LogP contribution in [0.5, 0.6) is 0 Å². The summed E-state index contributed by atoms with van der Waals surface area (Å²) in [6.07, 6.45) is 4.35. The molecule has 3 rings (SSSR count). The van der Waals surface area contributed by atoms with Crippen LogP contribution < -0.4 is 16.4 Å². The van der Waals surface area contributed by atoms with E-state index < -0.39 is 11.4 Å². The maximum atomic E-state index is 14.1. The Kier molecular flexibility index (Phi) is 7.54. The van der Waals surface area contributed by atoms with Crippen LogP contribution in [-0.2, 0) is 16.0 Å². The highest BCUT2D eigenvalue weighted by Crippen LogP contribution is 2.28. The van der Waals surface area contributed by atoms with Gasteiger partial charge < -0.3 is 16.4 Å². The highest BCUT2D eigenvalue weighted by Gasteiger charge is 2.35. The van der Waals surface area contributed by atoms with E-state index in [1.54, 1.807) is 0 Å². The Balaban J connectivity index is 0.00000280. The predicted octanol–water partition coefficient (Wildman–Crippen LogP) is 4.03. The van der Waals surface area contributed by atoms with Gasteiger partial charge in [-0.2, -0.15) is 0 Å². The van der Waals surface area contributed by atoms with Crippen molar-refractivity contribution in [3.05, 3.63) is 59.9 Å². The predicted molar refractivity (Wildman–Crippen MR) is 111 cm³/mol. The Hall–Kier alpha value is -2.44. The number of anilines is 2. The van der Waals surface area contributed by atoms with Gasteiger partial charge in [-0.05, 0) is 36.6 Å². The molecule has 2 aromatic carbocycles. The Labute approximate surface area is 170 Å². The lowest BCUT2D eigenvalue weighted by Crippen LogP contribution is -2.52. The molecule has 2 amide bonds. The first-order valence-corrected chi connectivity index (χ1v) is 9.20. The maximum Gasteiger partial charge on any atom is 0.244 e. The number of nitrogens with one attached hydrogen (secondary N) is 2. The monoisotopic (exact) mass is 405 g/mol. The van der Waals surface area contributed by atoms with Crippen molar-refractivity contribution in [2.24, 2.45) is 5.73 Å². The molecule has 0 radical (unpaired) electrons. The Bertz CT molecular complexity index is 824. The molecule has 1 fully saturated rings. The molecule has 5 nitrogen and oxygen atoms in total. The third kappa shape index (κ3) is 5.53. The van der Waals surface area contributed by atoms with E-state index >= 15 is 0 Å². The lowest BCUT2D eigenvalue weighted by molar-refractivity contribution is -0.122. The van der Waals surface area contributed by atoms with Gasteiger partial charge in [-0.15, -0.1) is 12.4 Å². The van der Waals surface area contributed by atoms with Crippen LogP contribution in [0.2, 0.25) is 0 Å². The van der Waals surface area contributed by atoms with Gasteiger partial charge in [0, 0.05) is 5.69 Å². The van der Waals surface area contributed by atoms with Crippen molar-refractivity contribution in [1.29, 1.82) is 0 Å². The quantitative estimate of drug-likeness (QED) is 0.702. The number of carbonyl (C=O) groups excluding carboxylic acids is 2. The number of benzene rings is 2. The summed E-state index contributed by atoms with van der Waals surface area (Å²) in [4.78, 5) is 24.7. The van der Waals surface area contributed by atoms with E-state index in [1.165, 1.54) is 18.2 Å². The molecular formula is C21H25ClFN3O2. The van der Waals surface area contributed by atoms with Crippen LogP contribution >= 0.6 is 12.4 Å². The number of hydrogen-bond acceptors (Lipinski definition) is 3. The topological polar surface area (TPSA) is 84.2 Å². The highest BCUT2D eigenvalue weighted by atomic mass is 35.5. The fraction of sp³-hybridized carbons (Fsp3) is 0.333. The summed E-state index contributed by atoms with van der Waals surface area (Å²) in [5.41, 5.74) is 6.62. The van der Waals surface area contributed by atoms with E-state index in [0.29, 0.717) is 18.5 Å². The second kappa shape index (κ2) is 9.66. The molecular weight excluding hydrogens is 381 g/mol. The van der Waals surface area contributed by atoms with Gasteiger partial charge in [0.2, 0.25) is 11.8 Å². The lowest BCUT2D eigenvalue weighted by Gasteiger charge is -2.31. The molecule has 0 atom stereocenters. The van der Waals surface area contributed by atoms with Crippen LogP contribution in [0.1, 0.15) is 37.7 Å². The molecule has 150 valence electrons. The first kappa shape index (κ1) is 21.9. The number of nitrogens with two attached hydrogens (primary N) is 1. The van der Waals surface area contributed by atoms with Gasteiger partial charge in [-0.3, -0.25) is 9.59 Å². The number of carbonyl (C=O) groups is 2. The minimum absolute atomic E-state index is 0. The minimum atomic E-state index is -0.886. The molecule has 0 aliphatic heterocycles. The molecule has 0 unspecified atom stereocenters. The van der Waals surface area contributed by atoms with Crippen molar-refractivity contribution in [3.8, 4) is 0 Å². The summed E-state index contributed by atoms with van der Waals surface area (Å²) < 4.78 is 14.1. The van der Waals surface area contributed by atoms with Crippen molar-refractivity contribution in [3.63, 3.8) is 0 Å². The number of halogens is 2. The van der Waals surface area contributed by atoms with Crippen molar-refractivity contribution < 1.29 is 14.0 Å². The fourth-order valence-corrected chi connectivity index (χ4v) is 3.34. The second-order valence-electron chi connectivity index (χ2n) is 7.08. The first-order valence-electron chi connectivity index (χ1n) is 9.20. The fourth-order valence-electron chi connectivity index (χ4n) is 3.34. The second-order valence-corrected chi connectivity index (χ2v) is 7.08. The molecule has 1 aliphatic rings. The molecule has 0 spiro atoms. The lowest BCUT2D eigenvalue weighted by atomic mass is 9.82. The summed E-state index contributed by atoms with van der Waals surface area (Å²) in [6.45, 7) is 0.